The number of benzene rings is 7. The molecular formula is C43H25N3O2. The molecule has 0 N–H and O–H groups in total. The summed E-state index contributed by atoms with van der Waals surface area (Å²) in [5, 5.41) is 1.31. The van der Waals surface area contributed by atoms with Crippen molar-refractivity contribution in [2.24, 2.45) is 0 Å². The molecule has 0 saturated carbocycles. The Bertz CT molecular complexity index is 3350. The van der Waals surface area contributed by atoms with Crippen LogP contribution >= 0.6 is 0 Å². The van der Waals surface area contributed by atoms with Crippen LogP contribution in [0.4, 0.5) is 0 Å². The lowest BCUT2D eigenvalue weighted by atomic mass is 10.0. The van der Waals surface area contributed by atoms with Gasteiger partial charge in [0.1, 0.15) is 22.3 Å². The van der Waals surface area contributed by atoms with Gasteiger partial charge in [-0.2, -0.15) is 0 Å². The van der Waals surface area contributed by atoms with E-state index < -0.39 is 48.3 Å². The molecule has 0 spiro atoms. The third-order valence-corrected chi connectivity index (χ3v) is 8.41. The molecule has 0 aliphatic carbocycles. The summed E-state index contributed by atoms with van der Waals surface area (Å²) in [6, 6.07) is 26.6. The predicted octanol–water partition coefficient (Wildman–Crippen LogP) is 11.5. The van der Waals surface area contributed by atoms with Crippen molar-refractivity contribution in [1.82, 2.24) is 15.0 Å². The Morgan fingerprint density at radius 1 is 0.417 bits per heavy atom. The summed E-state index contributed by atoms with van der Waals surface area (Å²) in [5.41, 5.74) is 4.07. The van der Waals surface area contributed by atoms with Gasteiger partial charge in [-0.05, 0) is 64.9 Å². The lowest BCUT2D eigenvalue weighted by molar-refractivity contribution is 0.669. The van der Waals surface area contributed by atoms with Crippen LogP contribution in [-0.4, -0.2) is 15.0 Å². The molecule has 0 fully saturated rings. The summed E-state index contributed by atoms with van der Waals surface area (Å²) in [4.78, 5) is 14.3. The second kappa shape index (κ2) is 10.5. The van der Waals surface area contributed by atoms with Gasteiger partial charge >= 0.3 is 0 Å². The first-order valence-corrected chi connectivity index (χ1v) is 15.2. The standard InChI is InChI=1S/C43H25N3O2/c1-3-9-26(10-4-1)29-17-21-37-35(23-29)33-19-16-31(25-39(33)47-37)43-45-41(28-12-5-2-6-13-28)44-42(46-43)30-18-22-38-36(24-30)34-20-15-27-11-7-8-14-32(27)40(34)48-38/h1-25H/i7D,8D,11D,14D,15D,18D,20D,22D,24D. The Hall–Kier alpha value is -6.59. The average molecular weight is 625 g/mol. The van der Waals surface area contributed by atoms with Crippen LogP contribution in [0.15, 0.2) is 160 Å². The first kappa shape index (κ1) is 19.2. The largest absolute Gasteiger partial charge is 0.456 e. The maximum Gasteiger partial charge on any atom is 0.164 e. The highest BCUT2D eigenvalue weighted by atomic mass is 16.3. The summed E-state index contributed by atoms with van der Waals surface area (Å²) >= 11 is 0. The molecule has 5 nitrogen and oxygen atoms in total. The van der Waals surface area contributed by atoms with E-state index in [1.54, 1.807) is 0 Å². The Labute approximate surface area is 287 Å². The van der Waals surface area contributed by atoms with E-state index in [1.165, 1.54) is 0 Å². The fourth-order valence-corrected chi connectivity index (χ4v) is 6.08. The van der Waals surface area contributed by atoms with Crippen molar-refractivity contribution < 1.29 is 21.2 Å². The SMILES string of the molecule is [2H]c1c(-c2nc(-c3ccccc3)nc(-c3ccc4c(c3)oc3ccc(-c5ccccc5)cc34)n2)c([2H])c2c(oc3c4c([2H])c([2H])c([2H])c([2H])c4c([2H])c([2H])c32)c1[2H]. The van der Waals surface area contributed by atoms with Crippen molar-refractivity contribution in [2.45, 2.75) is 0 Å². The highest BCUT2D eigenvalue weighted by molar-refractivity contribution is 6.15. The normalized spacial score (nSPS) is 14.4. The van der Waals surface area contributed by atoms with Gasteiger partial charge in [0.05, 0.1) is 12.3 Å². The van der Waals surface area contributed by atoms with Gasteiger partial charge < -0.3 is 8.83 Å². The summed E-state index contributed by atoms with van der Waals surface area (Å²) in [5.74, 6) is 0.369. The minimum Gasteiger partial charge on any atom is -0.456 e. The van der Waals surface area contributed by atoms with Gasteiger partial charge in [-0.1, -0.05) is 103 Å². The fourth-order valence-electron chi connectivity index (χ4n) is 6.08. The maximum absolute atomic E-state index is 9.49. The van der Waals surface area contributed by atoms with Crippen LogP contribution in [0.3, 0.4) is 0 Å². The van der Waals surface area contributed by atoms with Crippen molar-refractivity contribution in [2.75, 3.05) is 0 Å². The first-order valence-electron chi connectivity index (χ1n) is 19.7. The van der Waals surface area contributed by atoms with Crippen molar-refractivity contribution in [3.63, 3.8) is 0 Å². The molecular weight excluding hydrogens is 590 g/mol. The molecule has 5 heteroatoms. The number of rotatable bonds is 4. The molecule has 0 saturated heterocycles. The van der Waals surface area contributed by atoms with Crippen LogP contribution in [0.2, 0.25) is 0 Å². The van der Waals surface area contributed by atoms with Crippen LogP contribution in [0.25, 0.3) is 99.9 Å². The smallest absolute Gasteiger partial charge is 0.164 e. The van der Waals surface area contributed by atoms with Crippen molar-refractivity contribution in [1.29, 1.82) is 0 Å². The molecule has 0 radical (unpaired) electrons. The first-order chi connectivity index (χ1) is 27.5. The molecule has 0 unspecified atom stereocenters. The molecule has 48 heavy (non-hydrogen) atoms. The number of furan rings is 2. The quantitative estimate of drug-likeness (QED) is 0.195. The van der Waals surface area contributed by atoms with Crippen LogP contribution < -0.4 is 0 Å². The van der Waals surface area contributed by atoms with E-state index in [4.69, 9.17) is 34.8 Å². The molecule has 3 aromatic heterocycles. The molecule has 224 valence electrons. The van der Waals surface area contributed by atoms with Crippen molar-refractivity contribution in [3.8, 4) is 45.3 Å². The monoisotopic (exact) mass is 624 g/mol. The van der Waals surface area contributed by atoms with E-state index >= 15 is 0 Å². The van der Waals surface area contributed by atoms with Gasteiger partial charge in [0.15, 0.2) is 17.5 Å². The Morgan fingerprint density at radius 3 is 1.98 bits per heavy atom. The number of hydrogen-bond acceptors (Lipinski definition) is 5. The number of aromatic nitrogens is 3. The van der Waals surface area contributed by atoms with E-state index in [9.17, 15) is 1.37 Å². The van der Waals surface area contributed by atoms with Crippen LogP contribution in [0.5, 0.6) is 0 Å². The Kier molecular flexibility index (Phi) is 4.18. The Balaban J connectivity index is 1.21. The van der Waals surface area contributed by atoms with E-state index in [2.05, 4.69) is 18.2 Å². The van der Waals surface area contributed by atoms with Crippen molar-refractivity contribution >= 4 is 54.6 Å². The van der Waals surface area contributed by atoms with E-state index in [0.717, 1.165) is 21.9 Å². The lowest BCUT2D eigenvalue weighted by Gasteiger charge is -2.08. The third-order valence-electron chi connectivity index (χ3n) is 8.41. The van der Waals surface area contributed by atoms with Crippen LogP contribution in [-0.2, 0) is 0 Å². The number of fused-ring (bicyclic) bond motifs is 8. The summed E-state index contributed by atoms with van der Waals surface area (Å²) < 4.78 is 91.4. The zero-order chi connectivity index (χ0) is 39.4. The van der Waals surface area contributed by atoms with Gasteiger partial charge in [-0.15, -0.1) is 0 Å². The summed E-state index contributed by atoms with van der Waals surface area (Å²) in [6.45, 7) is 0. The van der Waals surface area contributed by atoms with Crippen LogP contribution in [0.1, 0.15) is 12.3 Å². The summed E-state index contributed by atoms with van der Waals surface area (Å²) in [7, 11) is 0. The molecule has 0 aliphatic rings. The van der Waals surface area contributed by atoms with Gasteiger partial charge in [0, 0.05) is 43.6 Å². The van der Waals surface area contributed by atoms with Gasteiger partial charge in [0.2, 0.25) is 0 Å². The van der Waals surface area contributed by atoms with Crippen LogP contribution in [0, 0.1) is 0 Å². The fraction of sp³-hybridized carbons (Fsp3) is 0. The molecule has 10 rings (SSSR count). The topological polar surface area (TPSA) is 65.0 Å². The van der Waals surface area contributed by atoms with E-state index in [-0.39, 0.29) is 61.8 Å². The highest BCUT2D eigenvalue weighted by Gasteiger charge is 2.17. The zero-order valence-electron chi connectivity index (χ0n) is 33.9. The van der Waals surface area contributed by atoms with Gasteiger partial charge in [-0.25, -0.2) is 15.0 Å². The minimum absolute atomic E-state index is 0.0735. The minimum atomic E-state index is -0.564. The molecule has 3 heterocycles. The maximum atomic E-state index is 9.49. The second-order valence-electron chi connectivity index (χ2n) is 11.3. The number of hydrogen-bond donors (Lipinski definition) is 0. The van der Waals surface area contributed by atoms with Gasteiger partial charge in [-0.3, -0.25) is 0 Å². The molecule has 0 atom stereocenters. The summed E-state index contributed by atoms with van der Waals surface area (Å²) in [6.07, 6.45) is 0. The second-order valence-corrected chi connectivity index (χ2v) is 11.3. The lowest BCUT2D eigenvalue weighted by Crippen LogP contribution is -2.00. The van der Waals surface area contributed by atoms with Crippen molar-refractivity contribution in [3.05, 3.63) is 151 Å². The number of nitrogens with zero attached hydrogens (tertiary/aromatic N) is 3. The molecule has 0 bridgehead atoms. The Morgan fingerprint density at radius 2 is 1.15 bits per heavy atom. The molecule has 0 amide bonds. The third kappa shape index (κ3) is 4.29. The predicted molar refractivity (Wildman–Crippen MR) is 194 cm³/mol. The molecule has 0 aliphatic heterocycles. The van der Waals surface area contributed by atoms with E-state index in [0.29, 0.717) is 22.3 Å². The highest BCUT2D eigenvalue weighted by Crippen LogP contribution is 2.37. The molecule has 7 aromatic carbocycles. The average Bonchev–Trinajstić information content (AvgIpc) is 3.82. The zero-order valence-corrected chi connectivity index (χ0v) is 24.9. The van der Waals surface area contributed by atoms with Gasteiger partial charge in [0.25, 0.3) is 0 Å². The molecule has 10 aromatic rings. The van der Waals surface area contributed by atoms with E-state index in [1.807, 2.05) is 78.9 Å².